The Hall–Kier alpha value is -2.67. The fourth-order valence-electron chi connectivity index (χ4n) is 4.76. The molecule has 1 N–H and O–H groups in total. The molecule has 0 bridgehead atoms. The van der Waals surface area contributed by atoms with Gasteiger partial charge in [-0.15, -0.1) is 0 Å². The number of rotatable bonds is 12. The average Bonchev–Trinajstić information content (AvgIpc) is 3.46. The molecule has 0 saturated carbocycles. The van der Waals surface area contributed by atoms with Crippen LogP contribution >= 0.6 is 0 Å². The second-order valence-corrected chi connectivity index (χ2v) is 9.28. The number of nitrogens with one attached hydrogen (secondary N) is 1. The van der Waals surface area contributed by atoms with E-state index >= 15 is 0 Å². The van der Waals surface area contributed by atoms with E-state index < -0.39 is 0 Å². The van der Waals surface area contributed by atoms with E-state index in [4.69, 9.17) is 9.47 Å². The molecule has 2 aliphatic rings. The molecule has 3 rings (SSSR count). The summed E-state index contributed by atoms with van der Waals surface area (Å²) < 4.78 is 11.8. The second-order valence-electron chi connectivity index (χ2n) is 9.28. The Bertz CT molecular complexity index is 1090. The molecular formula is C32H49N3O3. The highest BCUT2D eigenvalue weighted by molar-refractivity contribution is 5.94. The molecule has 6 nitrogen and oxygen atoms in total. The maximum atomic E-state index is 13.0. The van der Waals surface area contributed by atoms with Gasteiger partial charge in [-0.05, 0) is 50.9 Å². The third-order valence-electron chi connectivity index (χ3n) is 6.97. The minimum atomic E-state index is -0.0616. The van der Waals surface area contributed by atoms with Gasteiger partial charge >= 0.3 is 0 Å². The molecule has 0 spiro atoms. The van der Waals surface area contributed by atoms with E-state index in [2.05, 4.69) is 61.8 Å². The molecule has 0 aromatic heterocycles. The lowest BCUT2D eigenvalue weighted by molar-refractivity contribution is -0.127. The van der Waals surface area contributed by atoms with Crippen molar-refractivity contribution in [2.45, 2.75) is 67.0 Å². The van der Waals surface area contributed by atoms with Gasteiger partial charge in [-0.3, -0.25) is 9.69 Å². The van der Waals surface area contributed by atoms with E-state index in [1.54, 1.807) is 6.08 Å². The van der Waals surface area contributed by atoms with Gasteiger partial charge in [-0.1, -0.05) is 81.8 Å². The minimum absolute atomic E-state index is 0.0616. The standard InChI is InChI=1S/C30H43N3O3.C2H6/c1-6-24-14-16-25(17-15-24)30(34)33-21-29(36-22-33)32(8-3)19-18-31-20-23(5)26-12-10-11-13-27(26)28(7-2)35-9-4;1-2/h7,10-14,16,29,31H,2,6,8-9,15,17-22H2,1,3-5H3;1-2H3/b26-23+,28-27+;. The van der Waals surface area contributed by atoms with E-state index in [-0.39, 0.29) is 12.1 Å². The van der Waals surface area contributed by atoms with Crippen LogP contribution < -0.4 is 15.8 Å². The molecule has 6 heteroatoms. The number of ether oxygens (including phenoxy) is 2. The SMILES string of the molecule is C=C/C(OCC)=c1/cccc/c1=C(/C)CNCCN(CC)C1CN(C(=O)C2=CC=C(CC)CC2)CO1.CC. The Morgan fingerprint density at radius 3 is 2.53 bits per heavy atom. The van der Waals surface area contributed by atoms with Crippen LogP contribution in [0.5, 0.6) is 0 Å². The zero-order valence-corrected chi connectivity index (χ0v) is 24.5. The van der Waals surface area contributed by atoms with Crippen molar-refractivity contribution in [2.24, 2.45) is 0 Å². The lowest BCUT2D eigenvalue weighted by Gasteiger charge is -2.26. The zero-order valence-electron chi connectivity index (χ0n) is 24.5. The van der Waals surface area contributed by atoms with Crippen molar-refractivity contribution in [2.75, 3.05) is 46.1 Å². The number of benzene rings is 1. The molecule has 1 aromatic carbocycles. The highest BCUT2D eigenvalue weighted by atomic mass is 16.5. The summed E-state index contributed by atoms with van der Waals surface area (Å²) in [6, 6.07) is 8.30. The first kappa shape index (κ1) is 31.5. The van der Waals surface area contributed by atoms with Crippen LogP contribution in [0.2, 0.25) is 0 Å². The van der Waals surface area contributed by atoms with Crippen LogP contribution in [0.4, 0.5) is 0 Å². The van der Waals surface area contributed by atoms with Crippen LogP contribution in [-0.2, 0) is 14.3 Å². The summed E-state index contributed by atoms with van der Waals surface area (Å²) in [5, 5.41) is 5.82. The van der Waals surface area contributed by atoms with Gasteiger partial charge in [0, 0.05) is 30.4 Å². The van der Waals surface area contributed by atoms with E-state index in [0.717, 1.165) is 62.0 Å². The molecule has 1 aliphatic carbocycles. The number of hydrogen-bond donors (Lipinski definition) is 1. The molecule has 0 radical (unpaired) electrons. The van der Waals surface area contributed by atoms with Gasteiger partial charge in [0.1, 0.15) is 18.7 Å². The highest BCUT2D eigenvalue weighted by Gasteiger charge is 2.31. The summed E-state index contributed by atoms with van der Waals surface area (Å²) in [4.78, 5) is 17.1. The molecular weight excluding hydrogens is 474 g/mol. The van der Waals surface area contributed by atoms with E-state index in [9.17, 15) is 4.79 Å². The quantitative estimate of drug-likeness (QED) is 0.414. The molecule has 1 saturated heterocycles. The van der Waals surface area contributed by atoms with Crippen LogP contribution in [0.3, 0.4) is 0 Å². The Balaban J connectivity index is 0.00000247. The molecule has 1 heterocycles. The number of nitrogens with zero attached hydrogens (tertiary/aromatic N) is 2. The monoisotopic (exact) mass is 523 g/mol. The van der Waals surface area contributed by atoms with Crippen LogP contribution in [-0.4, -0.2) is 68.0 Å². The van der Waals surface area contributed by atoms with Crippen molar-refractivity contribution in [3.05, 3.63) is 70.7 Å². The van der Waals surface area contributed by atoms with Crippen LogP contribution in [0, 0.1) is 0 Å². The Morgan fingerprint density at radius 1 is 1.18 bits per heavy atom. The van der Waals surface area contributed by atoms with Gasteiger partial charge in [-0.2, -0.15) is 0 Å². The molecule has 1 fully saturated rings. The topological polar surface area (TPSA) is 54.0 Å². The maximum Gasteiger partial charge on any atom is 0.251 e. The van der Waals surface area contributed by atoms with Crippen molar-refractivity contribution < 1.29 is 14.3 Å². The van der Waals surface area contributed by atoms with Crippen molar-refractivity contribution in [1.29, 1.82) is 0 Å². The molecule has 1 amide bonds. The van der Waals surface area contributed by atoms with Gasteiger partial charge < -0.3 is 19.7 Å². The number of carbonyl (C=O) groups excluding carboxylic acids is 1. The smallest absolute Gasteiger partial charge is 0.251 e. The fourth-order valence-corrected chi connectivity index (χ4v) is 4.76. The van der Waals surface area contributed by atoms with Crippen molar-refractivity contribution in [3.8, 4) is 0 Å². The third kappa shape index (κ3) is 8.69. The number of likely N-dealkylation sites (N-methyl/N-ethyl adjacent to an activating group) is 1. The van der Waals surface area contributed by atoms with Crippen LogP contribution in [0.25, 0.3) is 11.3 Å². The highest BCUT2D eigenvalue weighted by Crippen LogP contribution is 2.23. The van der Waals surface area contributed by atoms with E-state index in [1.165, 1.54) is 16.4 Å². The van der Waals surface area contributed by atoms with Crippen molar-refractivity contribution in [1.82, 2.24) is 15.1 Å². The molecule has 1 aliphatic heterocycles. The number of carbonyl (C=O) groups is 1. The number of allylic oxidation sites excluding steroid dienone is 3. The molecule has 1 atom stereocenters. The lowest BCUT2D eigenvalue weighted by atomic mass is 9.96. The molecule has 1 unspecified atom stereocenters. The van der Waals surface area contributed by atoms with E-state index in [1.807, 2.05) is 37.8 Å². The summed E-state index contributed by atoms with van der Waals surface area (Å²) in [6.45, 7) is 21.3. The Kier molecular flexibility index (Phi) is 14.1. The summed E-state index contributed by atoms with van der Waals surface area (Å²) in [7, 11) is 0. The second kappa shape index (κ2) is 17.0. The molecule has 38 heavy (non-hydrogen) atoms. The number of amides is 1. The predicted molar refractivity (Wildman–Crippen MR) is 159 cm³/mol. The van der Waals surface area contributed by atoms with Crippen molar-refractivity contribution >= 4 is 17.2 Å². The largest absolute Gasteiger partial charge is 0.493 e. The first-order chi connectivity index (χ1) is 18.5. The van der Waals surface area contributed by atoms with E-state index in [0.29, 0.717) is 19.9 Å². The van der Waals surface area contributed by atoms with Crippen molar-refractivity contribution in [3.63, 3.8) is 0 Å². The first-order valence-electron chi connectivity index (χ1n) is 14.3. The van der Waals surface area contributed by atoms with Gasteiger partial charge in [0.05, 0.1) is 13.2 Å². The van der Waals surface area contributed by atoms with Gasteiger partial charge in [-0.25, -0.2) is 0 Å². The Labute approximate surface area is 230 Å². The maximum absolute atomic E-state index is 13.0. The average molecular weight is 524 g/mol. The van der Waals surface area contributed by atoms with Gasteiger partial charge in [0.15, 0.2) is 0 Å². The third-order valence-corrected chi connectivity index (χ3v) is 6.97. The predicted octanol–water partition coefficient (Wildman–Crippen LogP) is 4.32. The molecule has 1 aromatic rings. The Morgan fingerprint density at radius 2 is 1.92 bits per heavy atom. The van der Waals surface area contributed by atoms with Gasteiger partial charge in [0.25, 0.3) is 5.91 Å². The summed E-state index contributed by atoms with van der Waals surface area (Å²) in [6.07, 6.45) is 8.70. The molecule has 210 valence electrons. The minimum Gasteiger partial charge on any atom is -0.493 e. The zero-order chi connectivity index (χ0) is 27.9. The van der Waals surface area contributed by atoms with Crippen LogP contribution in [0.1, 0.15) is 60.8 Å². The summed E-state index contributed by atoms with van der Waals surface area (Å²) >= 11 is 0. The fraction of sp³-hybridized carbons (Fsp3) is 0.531. The van der Waals surface area contributed by atoms with Crippen LogP contribution in [0.15, 0.2) is 60.2 Å². The number of hydrogen-bond acceptors (Lipinski definition) is 5. The summed E-state index contributed by atoms with van der Waals surface area (Å²) in [5.74, 6) is 0.928. The lowest BCUT2D eigenvalue weighted by Crippen LogP contribution is -2.43. The summed E-state index contributed by atoms with van der Waals surface area (Å²) in [5.41, 5.74) is 3.56. The van der Waals surface area contributed by atoms with Gasteiger partial charge in [0.2, 0.25) is 0 Å². The first-order valence-corrected chi connectivity index (χ1v) is 14.3. The normalized spacial score (nSPS) is 18.7.